The average Bonchev–Trinajstić information content (AvgIpc) is 2.37. The second-order valence-corrected chi connectivity index (χ2v) is 6.63. The minimum absolute atomic E-state index is 0.0883. The summed E-state index contributed by atoms with van der Waals surface area (Å²) in [6.07, 6.45) is 0. The molecule has 1 aliphatic rings. The molecular weight excluding hydrogens is 293 g/mol. The van der Waals surface area contributed by atoms with E-state index in [9.17, 15) is 21.6 Å². The Kier molecular flexibility index (Phi) is 3.97. The van der Waals surface area contributed by atoms with E-state index in [0.29, 0.717) is 19.6 Å². The number of para-hydroxylation sites is 1. The molecule has 0 amide bonds. The summed E-state index contributed by atoms with van der Waals surface area (Å²) < 4.78 is 61.4. The Balaban J connectivity index is 2.46. The Hall–Kier alpha value is -1.28. The quantitative estimate of drug-likeness (QED) is 0.905. The van der Waals surface area contributed by atoms with Crippen LogP contribution < -0.4 is 10.2 Å². The fourth-order valence-electron chi connectivity index (χ4n) is 2.22. The maximum Gasteiger partial charge on any atom is 0.501 e. The summed E-state index contributed by atoms with van der Waals surface area (Å²) in [5.41, 5.74) is -5.18. The van der Waals surface area contributed by atoms with Gasteiger partial charge in [0.15, 0.2) is 0 Å². The maximum absolute atomic E-state index is 12.7. The number of nitrogens with zero attached hydrogens (tertiary/aromatic N) is 1. The van der Waals surface area contributed by atoms with Crippen molar-refractivity contribution in [3.05, 3.63) is 24.3 Å². The van der Waals surface area contributed by atoms with Gasteiger partial charge in [-0.25, -0.2) is 8.42 Å². The van der Waals surface area contributed by atoms with Crippen LogP contribution in [0.1, 0.15) is 6.92 Å². The Morgan fingerprint density at radius 1 is 1.30 bits per heavy atom. The van der Waals surface area contributed by atoms with E-state index < -0.39 is 20.2 Å². The van der Waals surface area contributed by atoms with Crippen molar-refractivity contribution in [1.29, 1.82) is 0 Å². The molecule has 0 bridgehead atoms. The van der Waals surface area contributed by atoms with Gasteiger partial charge in [-0.3, -0.25) is 0 Å². The molecule has 1 aromatic rings. The molecule has 4 nitrogen and oxygen atoms in total. The number of sulfone groups is 1. The molecule has 8 heteroatoms. The summed E-state index contributed by atoms with van der Waals surface area (Å²) in [5.74, 6) is 0. The zero-order chi connectivity index (χ0) is 15.0. The summed E-state index contributed by atoms with van der Waals surface area (Å²) in [5, 5.41) is 3.16. The molecule has 2 rings (SSSR count). The van der Waals surface area contributed by atoms with Gasteiger partial charge >= 0.3 is 5.51 Å². The van der Waals surface area contributed by atoms with E-state index in [1.54, 1.807) is 4.90 Å². The first-order valence-electron chi connectivity index (χ1n) is 6.12. The van der Waals surface area contributed by atoms with E-state index >= 15 is 0 Å². The van der Waals surface area contributed by atoms with Crippen LogP contribution in [0.4, 0.5) is 18.9 Å². The highest BCUT2D eigenvalue weighted by molar-refractivity contribution is 7.92. The molecule has 1 aromatic carbocycles. The molecule has 1 saturated heterocycles. The van der Waals surface area contributed by atoms with Crippen molar-refractivity contribution < 1.29 is 21.6 Å². The van der Waals surface area contributed by atoms with Crippen LogP contribution in [0.5, 0.6) is 0 Å². The number of rotatable bonds is 2. The Morgan fingerprint density at radius 2 is 1.95 bits per heavy atom. The summed E-state index contributed by atoms with van der Waals surface area (Å²) in [4.78, 5) is 0.987. The Bertz CT molecular complexity index is 587. The minimum Gasteiger partial charge on any atom is -0.368 e. The molecule has 1 heterocycles. The lowest BCUT2D eigenvalue weighted by atomic mass is 10.2. The molecule has 0 aromatic heterocycles. The summed E-state index contributed by atoms with van der Waals surface area (Å²) in [7, 11) is -5.34. The fourth-order valence-corrected chi connectivity index (χ4v) is 3.20. The van der Waals surface area contributed by atoms with E-state index in [1.807, 2.05) is 6.92 Å². The standard InChI is InChI=1S/C12H15F3N2O2S/c1-9-8-17(7-6-16-9)10-4-2-3-5-11(10)20(18,19)12(13,14)15/h2-5,9,16H,6-8H2,1H3/t9-/m1/s1. The first-order chi connectivity index (χ1) is 9.23. The Morgan fingerprint density at radius 3 is 2.55 bits per heavy atom. The van der Waals surface area contributed by atoms with E-state index in [0.717, 1.165) is 6.07 Å². The van der Waals surface area contributed by atoms with Crippen LogP contribution in [-0.2, 0) is 9.84 Å². The SMILES string of the molecule is C[C@@H]1CN(c2ccccc2S(=O)(=O)C(F)(F)F)CCN1. The molecule has 112 valence electrons. The lowest BCUT2D eigenvalue weighted by molar-refractivity contribution is -0.0435. The molecule has 0 saturated carbocycles. The molecule has 0 unspecified atom stereocenters. The normalized spacial score (nSPS) is 21.0. The number of hydrogen-bond donors (Lipinski definition) is 1. The van der Waals surface area contributed by atoms with E-state index in [2.05, 4.69) is 5.32 Å². The Labute approximate surface area is 115 Å². The fraction of sp³-hybridized carbons (Fsp3) is 0.500. The highest BCUT2D eigenvalue weighted by Gasteiger charge is 2.48. The van der Waals surface area contributed by atoms with Crippen molar-refractivity contribution in [2.75, 3.05) is 24.5 Å². The predicted molar refractivity (Wildman–Crippen MR) is 69.4 cm³/mol. The molecule has 1 atom stereocenters. The van der Waals surface area contributed by atoms with Gasteiger partial charge in [-0.15, -0.1) is 0 Å². The first kappa shape index (κ1) is 15.1. The predicted octanol–water partition coefficient (Wildman–Crippen LogP) is 1.78. The van der Waals surface area contributed by atoms with Crippen molar-refractivity contribution in [1.82, 2.24) is 5.32 Å². The first-order valence-corrected chi connectivity index (χ1v) is 7.60. The second-order valence-electron chi connectivity index (χ2n) is 4.72. The molecule has 1 N–H and O–H groups in total. The van der Waals surface area contributed by atoms with Crippen molar-refractivity contribution in [3.8, 4) is 0 Å². The van der Waals surface area contributed by atoms with Gasteiger partial charge in [-0.1, -0.05) is 12.1 Å². The van der Waals surface area contributed by atoms with Crippen LogP contribution in [0.3, 0.4) is 0 Å². The number of piperazine rings is 1. The molecule has 0 spiro atoms. The van der Waals surface area contributed by atoms with Crippen LogP contribution >= 0.6 is 0 Å². The van der Waals surface area contributed by atoms with Crippen molar-refractivity contribution in [3.63, 3.8) is 0 Å². The van der Waals surface area contributed by atoms with Crippen LogP contribution in [0.2, 0.25) is 0 Å². The molecule has 20 heavy (non-hydrogen) atoms. The smallest absolute Gasteiger partial charge is 0.368 e. The number of anilines is 1. The molecule has 1 aliphatic heterocycles. The van der Waals surface area contributed by atoms with Crippen LogP contribution in [0.15, 0.2) is 29.2 Å². The lowest BCUT2D eigenvalue weighted by Gasteiger charge is -2.34. The second kappa shape index (κ2) is 5.25. The third-order valence-electron chi connectivity index (χ3n) is 3.17. The number of benzene rings is 1. The highest BCUT2D eigenvalue weighted by Crippen LogP contribution is 2.35. The molecular formula is C12H15F3N2O2S. The lowest BCUT2D eigenvalue weighted by Crippen LogP contribution is -2.49. The van der Waals surface area contributed by atoms with E-state index in [-0.39, 0.29) is 11.7 Å². The number of hydrogen-bond acceptors (Lipinski definition) is 4. The number of halogens is 3. The highest BCUT2D eigenvalue weighted by atomic mass is 32.2. The molecule has 0 aliphatic carbocycles. The van der Waals surface area contributed by atoms with Crippen molar-refractivity contribution >= 4 is 15.5 Å². The average molecular weight is 308 g/mol. The molecule has 0 radical (unpaired) electrons. The van der Waals surface area contributed by atoms with Crippen LogP contribution in [0, 0.1) is 0 Å². The zero-order valence-electron chi connectivity index (χ0n) is 10.8. The van der Waals surface area contributed by atoms with Gasteiger partial charge in [0.05, 0.1) is 10.6 Å². The van der Waals surface area contributed by atoms with Gasteiger partial charge in [0, 0.05) is 25.7 Å². The summed E-state index contributed by atoms with van der Waals surface area (Å²) >= 11 is 0. The van der Waals surface area contributed by atoms with E-state index in [4.69, 9.17) is 0 Å². The topological polar surface area (TPSA) is 49.4 Å². The summed E-state index contributed by atoms with van der Waals surface area (Å²) in [6.45, 7) is 3.42. The van der Waals surface area contributed by atoms with Gasteiger partial charge in [0.25, 0.3) is 9.84 Å². The van der Waals surface area contributed by atoms with E-state index in [1.165, 1.54) is 18.2 Å². The third-order valence-corrected chi connectivity index (χ3v) is 4.70. The van der Waals surface area contributed by atoms with Crippen LogP contribution in [0.25, 0.3) is 0 Å². The van der Waals surface area contributed by atoms with Gasteiger partial charge in [-0.05, 0) is 19.1 Å². The van der Waals surface area contributed by atoms with Crippen molar-refractivity contribution in [2.24, 2.45) is 0 Å². The van der Waals surface area contributed by atoms with Crippen molar-refractivity contribution in [2.45, 2.75) is 23.4 Å². The maximum atomic E-state index is 12.7. The van der Waals surface area contributed by atoms with Gasteiger partial charge in [-0.2, -0.15) is 13.2 Å². The number of nitrogens with one attached hydrogen (secondary N) is 1. The van der Waals surface area contributed by atoms with Gasteiger partial charge in [0.1, 0.15) is 0 Å². The zero-order valence-corrected chi connectivity index (χ0v) is 11.6. The third kappa shape index (κ3) is 2.76. The minimum atomic E-state index is -5.34. The summed E-state index contributed by atoms with van der Waals surface area (Å²) in [6, 6.07) is 5.34. The van der Waals surface area contributed by atoms with Gasteiger partial charge < -0.3 is 10.2 Å². The monoisotopic (exact) mass is 308 g/mol. The number of alkyl halides is 3. The van der Waals surface area contributed by atoms with Gasteiger partial charge in [0.2, 0.25) is 0 Å². The largest absolute Gasteiger partial charge is 0.501 e. The van der Waals surface area contributed by atoms with Crippen LogP contribution in [-0.4, -0.2) is 39.6 Å². The molecule has 1 fully saturated rings.